The summed E-state index contributed by atoms with van der Waals surface area (Å²) >= 11 is 0. The van der Waals surface area contributed by atoms with E-state index in [2.05, 4.69) is 10.2 Å². The van der Waals surface area contributed by atoms with Crippen LogP contribution in [0.15, 0.2) is 12.3 Å². The lowest BCUT2D eigenvalue weighted by atomic mass is 9.91. The number of aromatic carboxylic acids is 1. The lowest BCUT2D eigenvalue weighted by molar-refractivity contribution is 0.0696. The standard InChI is InChI=1S/C9H12N2O2/c1-9(2,3)7-4-6(8(12)13)5-10-11-7/h4-5H,1-3H3,(H,12,13). The highest BCUT2D eigenvalue weighted by atomic mass is 16.4. The summed E-state index contributed by atoms with van der Waals surface area (Å²) in [6, 6.07) is 1.55. The molecule has 0 saturated heterocycles. The fourth-order valence-electron chi connectivity index (χ4n) is 0.850. The molecule has 1 aromatic rings. The van der Waals surface area contributed by atoms with Crippen LogP contribution >= 0.6 is 0 Å². The summed E-state index contributed by atoms with van der Waals surface area (Å²) in [5, 5.41) is 16.2. The van der Waals surface area contributed by atoms with Crippen molar-refractivity contribution in [1.82, 2.24) is 10.2 Å². The van der Waals surface area contributed by atoms with E-state index in [1.807, 2.05) is 20.8 Å². The summed E-state index contributed by atoms with van der Waals surface area (Å²) in [6.45, 7) is 5.88. The van der Waals surface area contributed by atoms with E-state index < -0.39 is 5.97 Å². The quantitative estimate of drug-likeness (QED) is 0.710. The molecule has 4 nitrogen and oxygen atoms in total. The first-order valence-corrected chi connectivity index (χ1v) is 3.98. The van der Waals surface area contributed by atoms with Crippen molar-refractivity contribution in [3.8, 4) is 0 Å². The highest BCUT2D eigenvalue weighted by Gasteiger charge is 2.17. The van der Waals surface area contributed by atoms with Crippen LogP contribution in [0, 0.1) is 0 Å². The van der Waals surface area contributed by atoms with Gasteiger partial charge in [0.2, 0.25) is 0 Å². The zero-order valence-corrected chi connectivity index (χ0v) is 7.90. The van der Waals surface area contributed by atoms with Gasteiger partial charge in [-0.15, -0.1) is 0 Å². The molecule has 4 heteroatoms. The second-order valence-corrected chi connectivity index (χ2v) is 3.88. The molecule has 0 atom stereocenters. The summed E-state index contributed by atoms with van der Waals surface area (Å²) in [4.78, 5) is 10.6. The first-order valence-electron chi connectivity index (χ1n) is 3.98. The average molecular weight is 180 g/mol. The number of aromatic nitrogens is 2. The summed E-state index contributed by atoms with van der Waals surface area (Å²) in [5.41, 5.74) is 0.700. The van der Waals surface area contributed by atoms with Gasteiger partial charge in [0.15, 0.2) is 0 Å². The van der Waals surface area contributed by atoms with Crippen molar-refractivity contribution in [2.75, 3.05) is 0 Å². The lowest BCUT2D eigenvalue weighted by Crippen LogP contribution is -2.15. The zero-order chi connectivity index (χ0) is 10.1. The molecule has 0 bridgehead atoms. The molecule has 1 N–H and O–H groups in total. The van der Waals surface area contributed by atoms with Crippen LogP contribution in [0.5, 0.6) is 0 Å². The molecule has 0 fully saturated rings. The molecule has 0 amide bonds. The summed E-state index contributed by atoms with van der Waals surface area (Å²) in [5.74, 6) is -0.972. The Morgan fingerprint density at radius 1 is 1.46 bits per heavy atom. The second kappa shape index (κ2) is 3.12. The minimum Gasteiger partial charge on any atom is -0.478 e. The Bertz CT molecular complexity index is 329. The molecule has 0 unspecified atom stereocenters. The van der Waals surface area contributed by atoms with Gasteiger partial charge in [0.25, 0.3) is 0 Å². The second-order valence-electron chi connectivity index (χ2n) is 3.88. The highest BCUT2D eigenvalue weighted by Crippen LogP contribution is 2.19. The first-order chi connectivity index (χ1) is 5.91. The maximum absolute atomic E-state index is 10.6. The topological polar surface area (TPSA) is 63.1 Å². The molecule has 0 aromatic carbocycles. The van der Waals surface area contributed by atoms with E-state index in [1.54, 1.807) is 6.07 Å². The molecule has 0 aliphatic heterocycles. The number of hydrogen-bond donors (Lipinski definition) is 1. The first kappa shape index (κ1) is 9.64. The third-order valence-corrected chi connectivity index (χ3v) is 1.67. The minimum absolute atomic E-state index is 0.168. The third-order valence-electron chi connectivity index (χ3n) is 1.67. The van der Waals surface area contributed by atoms with Crippen molar-refractivity contribution in [2.45, 2.75) is 26.2 Å². The van der Waals surface area contributed by atoms with Gasteiger partial charge in [0.1, 0.15) is 0 Å². The van der Waals surface area contributed by atoms with Crippen molar-refractivity contribution >= 4 is 5.97 Å². The molecular weight excluding hydrogens is 168 g/mol. The number of nitrogens with zero attached hydrogens (tertiary/aromatic N) is 2. The van der Waals surface area contributed by atoms with Crippen LogP contribution < -0.4 is 0 Å². The van der Waals surface area contributed by atoms with E-state index in [-0.39, 0.29) is 11.0 Å². The summed E-state index contributed by atoms with van der Waals surface area (Å²) < 4.78 is 0. The highest BCUT2D eigenvalue weighted by molar-refractivity contribution is 5.87. The van der Waals surface area contributed by atoms with Crippen LogP contribution in [0.25, 0.3) is 0 Å². The van der Waals surface area contributed by atoms with Crippen LogP contribution in [0.4, 0.5) is 0 Å². The van der Waals surface area contributed by atoms with Gasteiger partial charge in [-0.25, -0.2) is 4.79 Å². The predicted octanol–water partition coefficient (Wildman–Crippen LogP) is 1.47. The van der Waals surface area contributed by atoms with Gasteiger partial charge in [-0.05, 0) is 6.07 Å². The third kappa shape index (κ3) is 2.24. The maximum Gasteiger partial charge on any atom is 0.337 e. The molecular formula is C9H12N2O2. The van der Waals surface area contributed by atoms with E-state index in [1.165, 1.54) is 6.20 Å². The fourth-order valence-corrected chi connectivity index (χ4v) is 0.850. The largest absolute Gasteiger partial charge is 0.478 e. The molecule has 0 radical (unpaired) electrons. The van der Waals surface area contributed by atoms with Crippen molar-refractivity contribution in [3.05, 3.63) is 23.5 Å². The van der Waals surface area contributed by atoms with Crippen LogP contribution in [0.3, 0.4) is 0 Å². The van der Waals surface area contributed by atoms with Gasteiger partial charge in [-0.1, -0.05) is 20.8 Å². The Labute approximate surface area is 76.6 Å². The van der Waals surface area contributed by atoms with Crippen LogP contribution in [0.1, 0.15) is 36.8 Å². The predicted molar refractivity (Wildman–Crippen MR) is 47.7 cm³/mol. The van der Waals surface area contributed by atoms with Crippen molar-refractivity contribution < 1.29 is 9.90 Å². The van der Waals surface area contributed by atoms with Crippen LogP contribution in [0.2, 0.25) is 0 Å². The molecule has 1 aromatic heterocycles. The Morgan fingerprint density at radius 3 is 2.54 bits per heavy atom. The molecule has 0 aliphatic carbocycles. The Hall–Kier alpha value is -1.45. The molecule has 1 rings (SSSR count). The molecule has 0 saturated carbocycles. The molecule has 0 spiro atoms. The fraction of sp³-hybridized carbons (Fsp3) is 0.444. The van der Waals surface area contributed by atoms with E-state index in [4.69, 9.17) is 5.11 Å². The molecule has 13 heavy (non-hydrogen) atoms. The van der Waals surface area contributed by atoms with Crippen molar-refractivity contribution in [2.24, 2.45) is 0 Å². The maximum atomic E-state index is 10.6. The van der Waals surface area contributed by atoms with Gasteiger partial charge in [0, 0.05) is 5.41 Å². The molecule has 0 aliphatic rings. The molecule has 1 heterocycles. The lowest BCUT2D eigenvalue weighted by Gasteiger charge is -2.16. The smallest absolute Gasteiger partial charge is 0.337 e. The van der Waals surface area contributed by atoms with E-state index in [0.29, 0.717) is 5.69 Å². The Morgan fingerprint density at radius 2 is 2.08 bits per heavy atom. The number of hydrogen-bond acceptors (Lipinski definition) is 3. The molecule has 70 valence electrons. The van der Waals surface area contributed by atoms with Gasteiger partial charge < -0.3 is 5.11 Å². The summed E-state index contributed by atoms with van der Waals surface area (Å²) in [7, 11) is 0. The van der Waals surface area contributed by atoms with E-state index in [0.717, 1.165) is 0 Å². The number of rotatable bonds is 1. The van der Waals surface area contributed by atoms with E-state index in [9.17, 15) is 4.79 Å². The average Bonchev–Trinajstić information content (AvgIpc) is 2.03. The number of carboxylic acid groups (broad SMARTS) is 1. The van der Waals surface area contributed by atoms with Crippen LogP contribution in [-0.4, -0.2) is 21.3 Å². The van der Waals surface area contributed by atoms with Gasteiger partial charge in [-0.2, -0.15) is 10.2 Å². The van der Waals surface area contributed by atoms with Crippen molar-refractivity contribution in [3.63, 3.8) is 0 Å². The van der Waals surface area contributed by atoms with E-state index >= 15 is 0 Å². The van der Waals surface area contributed by atoms with Gasteiger partial charge in [0.05, 0.1) is 17.5 Å². The van der Waals surface area contributed by atoms with Gasteiger partial charge >= 0.3 is 5.97 Å². The van der Waals surface area contributed by atoms with Crippen molar-refractivity contribution in [1.29, 1.82) is 0 Å². The number of carbonyl (C=O) groups is 1. The minimum atomic E-state index is -0.972. The normalized spacial score (nSPS) is 11.3. The Kier molecular flexibility index (Phi) is 2.32. The number of carboxylic acids is 1. The SMILES string of the molecule is CC(C)(C)c1cc(C(=O)O)cnn1. The Balaban J connectivity index is 3.13. The monoisotopic (exact) mass is 180 g/mol. The zero-order valence-electron chi connectivity index (χ0n) is 7.90. The van der Waals surface area contributed by atoms with Gasteiger partial charge in [-0.3, -0.25) is 0 Å². The van der Waals surface area contributed by atoms with Crippen LogP contribution in [-0.2, 0) is 5.41 Å². The summed E-state index contributed by atoms with van der Waals surface area (Å²) in [6.07, 6.45) is 1.25.